The maximum Gasteiger partial charge on any atom is 0.234 e. The Labute approximate surface area is 108 Å². The van der Waals surface area contributed by atoms with E-state index in [1.165, 1.54) is 0 Å². The van der Waals surface area contributed by atoms with Gasteiger partial charge in [-0.05, 0) is 20.2 Å². The van der Waals surface area contributed by atoms with Gasteiger partial charge in [0.05, 0.1) is 6.54 Å². The predicted molar refractivity (Wildman–Crippen MR) is 71.4 cm³/mol. The number of ether oxygens (including phenoxy) is 1. The molecule has 0 aliphatic carbocycles. The number of amides is 1. The lowest BCUT2D eigenvalue weighted by Crippen LogP contribution is -2.29. The van der Waals surface area contributed by atoms with Gasteiger partial charge in [-0.15, -0.1) is 0 Å². The van der Waals surface area contributed by atoms with Gasteiger partial charge in [-0.2, -0.15) is 0 Å². The van der Waals surface area contributed by atoms with Crippen molar-refractivity contribution < 1.29 is 9.53 Å². The van der Waals surface area contributed by atoms with E-state index in [1.54, 1.807) is 0 Å². The van der Waals surface area contributed by atoms with E-state index in [0.29, 0.717) is 13.2 Å². The van der Waals surface area contributed by atoms with Gasteiger partial charge in [0.15, 0.2) is 0 Å². The molecular weight excluding hydrogens is 230 g/mol. The third-order valence-corrected chi connectivity index (χ3v) is 2.43. The summed E-state index contributed by atoms with van der Waals surface area (Å²) in [5, 5.41) is 2.73. The smallest absolute Gasteiger partial charge is 0.234 e. The summed E-state index contributed by atoms with van der Waals surface area (Å²) in [6.07, 6.45) is 0. The fraction of sp³-hybridized carbons (Fsp3) is 0.462. The molecule has 5 heteroatoms. The lowest BCUT2D eigenvalue weighted by atomic mass is 10.2. The maximum absolute atomic E-state index is 11.1. The van der Waals surface area contributed by atoms with Gasteiger partial charge in [-0.25, -0.2) is 0 Å². The van der Waals surface area contributed by atoms with Crippen LogP contribution in [-0.4, -0.2) is 44.6 Å². The van der Waals surface area contributed by atoms with Crippen LogP contribution in [0.1, 0.15) is 5.56 Å². The Hall–Kier alpha value is -1.59. The standard InChI is InChI=1S/C13H21N3O2/c1-16(2)7-8-18-12-6-4-3-5-11(12)10-15-13(17)9-14/h3-6H,7-10,14H2,1-2H3,(H,15,17). The number of benzene rings is 1. The highest BCUT2D eigenvalue weighted by Crippen LogP contribution is 2.17. The zero-order valence-corrected chi connectivity index (χ0v) is 11.0. The summed E-state index contributed by atoms with van der Waals surface area (Å²) in [5.74, 6) is 0.634. The average Bonchev–Trinajstić information content (AvgIpc) is 2.36. The van der Waals surface area contributed by atoms with Crippen molar-refractivity contribution in [3.8, 4) is 5.75 Å². The van der Waals surface area contributed by atoms with Gasteiger partial charge in [0.1, 0.15) is 12.4 Å². The highest BCUT2D eigenvalue weighted by atomic mass is 16.5. The molecule has 5 nitrogen and oxygen atoms in total. The Morgan fingerprint density at radius 3 is 2.78 bits per heavy atom. The van der Waals surface area contributed by atoms with Crippen molar-refractivity contribution in [2.24, 2.45) is 5.73 Å². The first kappa shape index (κ1) is 14.5. The van der Waals surface area contributed by atoms with Crippen LogP contribution in [0, 0.1) is 0 Å². The van der Waals surface area contributed by atoms with Crippen molar-refractivity contribution in [3.63, 3.8) is 0 Å². The van der Waals surface area contributed by atoms with Crippen molar-refractivity contribution >= 4 is 5.91 Å². The van der Waals surface area contributed by atoms with Crippen LogP contribution in [0.3, 0.4) is 0 Å². The van der Waals surface area contributed by atoms with Crippen LogP contribution in [0.5, 0.6) is 5.75 Å². The summed E-state index contributed by atoms with van der Waals surface area (Å²) in [7, 11) is 3.99. The van der Waals surface area contributed by atoms with Crippen molar-refractivity contribution in [2.45, 2.75) is 6.54 Å². The third kappa shape index (κ3) is 5.16. The van der Waals surface area contributed by atoms with Gasteiger partial charge >= 0.3 is 0 Å². The lowest BCUT2D eigenvalue weighted by molar-refractivity contribution is -0.119. The van der Waals surface area contributed by atoms with E-state index >= 15 is 0 Å². The van der Waals surface area contributed by atoms with Gasteiger partial charge in [0.2, 0.25) is 5.91 Å². The van der Waals surface area contributed by atoms with E-state index in [9.17, 15) is 4.79 Å². The predicted octanol–water partition coefficient (Wildman–Crippen LogP) is 0.202. The largest absolute Gasteiger partial charge is 0.492 e. The molecule has 0 spiro atoms. The van der Waals surface area contributed by atoms with Crippen molar-refractivity contribution in [2.75, 3.05) is 33.8 Å². The number of rotatable bonds is 7. The molecule has 1 aromatic rings. The molecule has 18 heavy (non-hydrogen) atoms. The molecule has 100 valence electrons. The second-order valence-electron chi connectivity index (χ2n) is 4.24. The van der Waals surface area contributed by atoms with E-state index in [2.05, 4.69) is 10.2 Å². The summed E-state index contributed by atoms with van der Waals surface area (Å²) in [4.78, 5) is 13.2. The monoisotopic (exact) mass is 251 g/mol. The SMILES string of the molecule is CN(C)CCOc1ccccc1CNC(=O)CN. The van der Waals surface area contributed by atoms with Crippen molar-refractivity contribution in [1.82, 2.24) is 10.2 Å². The maximum atomic E-state index is 11.1. The van der Waals surface area contributed by atoms with E-state index in [0.717, 1.165) is 17.9 Å². The Kier molecular flexibility index (Phi) is 6.18. The molecule has 1 rings (SSSR count). The topological polar surface area (TPSA) is 67.6 Å². The molecule has 1 aromatic carbocycles. The normalized spacial score (nSPS) is 10.4. The molecule has 0 unspecified atom stereocenters. The Morgan fingerprint density at radius 1 is 1.39 bits per heavy atom. The minimum absolute atomic E-state index is 0.00362. The summed E-state index contributed by atoms with van der Waals surface area (Å²) in [5.41, 5.74) is 6.20. The molecule has 0 aliphatic rings. The van der Waals surface area contributed by atoms with Gasteiger partial charge in [-0.1, -0.05) is 18.2 Å². The Morgan fingerprint density at radius 2 is 2.11 bits per heavy atom. The quantitative estimate of drug-likeness (QED) is 0.726. The zero-order valence-electron chi connectivity index (χ0n) is 11.0. The van der Waals surface area contributed by atoms with Crippen LogP contribution in [-0.2, 0) is 11.3 Å². The molecule has 3 N–H and O–H groups in total. The lowest BCUT2D eigenvalue weighted by Gasteiger charge is -2.14. The first-order valence-corrected chi connectivity index (χ1v) is 5.95. The summed E-state index contributed by atoms with van der Waals surface area (Å²) >= 11 is 0. The number of hydrogen-bond acceptors (Lipinski definition) is 4. The van der Waals surface area contributed by atoms with Crippen LogP contribution in [0.2, 0.25) is 0 Å². The Balaban J connectivity index is 2.53. The van der Waals surface area contributed by atoms with Crippen LogP contribution in [0.25, 0.3) is 0 Å². The molecule has 0 heterocycles. The first-order chi connectivity index (χ1) is 8.63. The molecule has 1 amide bonds. The molecular formula is C13H21N3O2. The number of para-hydroxylation sites is 1. The Bertz CT molecular complexity index is 380. The van der Waals surface area contributed by atoms with Crippen LogP contribution >= 0.6 is 0 Å². The molecule has 0 radical (unpaired) electrons. The van der Waals surface area contributed by atoms with E-state index in [4.69, 9.17) is 10.5 Å². The minimum Gasteiger partial charge on any atom is -0.492 e. The minimum atomic E-state index is -0.168. The van der Waals surface area contributed by atoms with Crippen molar-refractivity contribution in [1.29, 1.82) is 0 Å². The molecule has 0 bridgehead atoms. The summed E-state index contributed by atoms with van der Waals surface area (Å²) < 4.78 is 5.69. The van der Waals surface area contributed by atoms with Gasteiger partial charge in [0.25, 0.3) is 0 Å². The van der Waals surface area contributed by atoms with E-state index in [1.807, 2.05) is 38.4 Å². The number of likely N-dealkylation sites (N-methyl/N-ethyl adjacent to an activating group) is 1. The first-order valence-electron chi connectivity index (χ1n) is 5.95. The third-order valence-electron chi connectivity index (χ3n) is 2.43. The molecule has 0 saturated heterocycles. The zero-order chi connectivity index (χ0) is 13.4. The molecule has 0 saturated carbocycles. The van der Waals surface area contributed by atoms with E-state index in [-0.39, 0.29) is 12.5 Å². The number of carbonyl (C=O) groups is 1. The molecule has 0 aliphatic heterocycles. The number of carbonyl (C=O) groups excluding carboxylic acids is 1. The summed E-state index contributed by atoms with van der Waals surface area (Å²) in [6.45, 7) is 1.91. The molecule has 0 aromatic heterocycles. The highest BCUT2D eigenvalue weighted by Gasteiger charge is 2.04. The van der Waals surface area contributed by atoms with Gasteiger partial charge < -0.3 is 20.7 Å². The number of hydrogen-bond donors (Lipinski definition) is 2. The number of nitrogens with two attached hydrogens (primary N) is 1. The van der Waals surface area contributed by atoms with Crippen LogP contribution < -0.4 is 15.8 Å². The molecule has 0 atom stereocenters. The fourth-order valence-electron chi connectivity index (χ4n) is 1.39. The summed E-state index contributed by atoms with van der Waals surface area (Å²) in [6, 6.07) is 7.67. The number of nitrogens with one attached hydrogen (secondary N) is 1. The molecule has 0 fully saturated rings. The highest BCUT2D eigenvalue weighted by molar-refractivity contribution is 5.77. The van der Waals surface area contributed by atoms with E-state index < -0.39 is 0 Å². The van der Waals surface area contributed by atoms with Crippen LogP contribution in [0.4, 0.5) is 0 Å². The van der Waals surface area contributed by atoms with Gasteiger partial charge in [-0.3, -0.25) is 4.79 Å². The van der Waals surface area contributed by atoms with Gasteiger partial charge in [0, 0.05) is 18.7 Å². The second-order valence-corrected chi connectivity index (χ2v) is 4.24. The average molecular weight is 251 g/mol. The number of nitrogens with zero attached hydrogens (tertiary/aromatic N) is 1. The fourth-order valence-corrected chi connectivity index (χ4v) is 1.39. The van der Waals surface area contributed by atoms with Crippen LogP contribution in [0.15, 0.2) is 24.3 Å². The second kappa shape index (κ2) is 7.68. The van der Waals surface area contributed by atoms with Crippen molar-refractivity contribution in [3.05, 3.63) is 29.8 Å².